The molecule has 6 heteroatoms. The predicted molar refractivity (Wildman–Crippen MR) is 67.8 cm³/mol. The molecule has 0 aliphatic carbocycles. The summed E-state index contributed by atoms with van der Waals surface area (Å²) in [6, 6.07) is 9.22. The Bertz CT molecular complexity index is 545. The number of rotatable bonds is 2. The van der Waals surface area contributed by atoms with Crippen LogP contribution in [0.2, 0.25) is 0 Å². The zero-order chi connectivity index (χ0) is 12.4. The minimum Gasteiger partial charge on any atom is -0.492 e. The fraction of sp³-hybridized carbons (Fsp3) is 0. The highest BCUT2D eigenvalue weighted by Crippen LogP contribution is 2.19. The number of hydrogen-bond donors (Lipinski definition) is 2. The van der Waals surface area contributed by atoms with Crippen molar-refractivity contribution in [3.05, 3.63) is 45.5 Å². The molecule has 0 bridgehead atoms. The Morgan fingerprint density at radius 1 is 1.18 bits per heavy atom. The molecular weight excluding hydrogens is 337 g/mol. The molecule has 0 saturated carbocycles. The van der Waals surface area contributed by atoms with Crippen LogP contribution in [0.1, 0.15) is 10.4 Å². The Morgan fingerprint density at radius 3 is 2.41 bits per heavy atom. The zero-order valence-corrected chi connectivity index (χ0v) is 10.7. The van der Waals surface area contributed by atoms with Crippen LogP contribution in [0.4, 0.5) is 0 Å². The smallest absolute Gasteiger partial charge is 0.363 e. The van der Waals surface area contributed by atoms with Gasteiger partial charge in [0.1, 0.15) is 0 Å². The summed E-state index contributed by atoms with van der Waals surface area (Å²) in [4.78, 5) is 16.5. The Kier molecular flexibility index (Phi) is 3.23. The average molecular weight is 345 g/mol. The summed E-state index contributed by atoms with van der Waals surface area (Å²) in [5.74, 6) is -1.35. The first-order valence-electron chi connectivity index (χ1n) is 4.66. The van der Waals surface area contributed by atoms with Gasteiger partial charge >= 0.3 is 5.97 Å². The molecule has 1 aromatic carbocycles. The SMILES string of the molecule is O=C(On1c(O)ccc1O)c1cccc(I)c1. The molecular formula is C11H8INO4. The second-order valence-electron chi connectivity index (χ2n) is 3.23. The lowest BCUT2D eigenvalue weighted by Crippen LogP contribution is -2.19. The van der Waals surface area contributed by atoms with Crippen molar-refractivity contribution in [2.75, 3.05) is 0 Å². The third-order valence-corrected chi connectivity index (χ3v) is 2.70. The van der Waals surface area contributed by atoms with Crippen molar-refractivity contribution in [2.45, 2.75) is 0 Å². The number of aromatic nitrogens is 1. The van der Waals surface area contributed by atoms with Gasteiger partial charge in [-0.25, -0.2) is 4.79 Å². The first kappa shape index (κ1) is 11.8. The Hall–Kier alpha value is -1.70. The van der Waals surface area contributed by atoms with Crippen molar-refractivity contribution in [1.29, 1.82) is 0 Å². The van der Waals surface area contributed by atoms with Crippen LogP contribution >= 0.6 is 22.6 Å². The molecule has 1 aromatic heterocycles. The lowest BCUT2D eigenvalue weighted by atomic mass is 10.2. The molecule has 0 saturated heterocycles. The highest BCUT2D eigenvalue weighted by molar-refractivity contribution is 14.1. The van der Waals surface area contributed by atoms with Crippen molar-refractivity contribution < 1.29 is 19.8 Å². The standard InChI is InChI=1S/C11H8INO4/c12-8-3-1-2-7(6-8)11(16)17-13-9(14)4-5-10(13)15/h1-6,14-15H. The lowest BCUT2D eigenvalue weighted by molar-refractivity contribution is 0.0381. The van der Waals surface area contributed by atoms with Crippen molar-refractivity contribution in [3.8, 4) is 11.8 Å². The quantitative estimate of drug-likeness (QED) is 0.814. The van der Waals surface area contributed by atoms with Crippen molar-refractivity contribution in [3.63, 3.8) is 0 Å². The van der Waals surface area contributed by atoms with Crippen LogP contribution in [0.15, 0.2) is 36.4 Å². The molecule has 2 N–H and O–H groups in total. The van der Waals surface area contributed by atoms with Crippen molar-refractivity contribution in [1.82, 2.24) is 4.73 Å². The topological polar surface area (TPSA) is 71.7 Å². The highest BCUT2D eigenvalue weighted by Gasteiger charge is 2.13. The number of halogens is 1. The summed E-state index contributed by atoms with van der Waals surface area (Å²) < 4.78 is 1.54. The molecule has 1 heterocycles. The van der Waals surface area contributed by atoms with Crippen LogP contribution in [0, 0.1) is 3.57 Å². The molecule has 0 spiro atoms. The van der Waals surface area contributed by atoms with E-state index in [0.29, 0.717) is 10.3 Å². The number of carbonyl (C=O) groups is 1. The van der Waals surface area contributed by atoms with Crippen LogP contribution in [0.25, 0.3) is 0 Å². The zero-order valence-electron chi connectivity index (χ0n) is 8.50. The normalized spacial score (nSPS) is 10.2. The summed E-state index contributed by atoms with van der Waals surface area (Å²) in [6.45, 7) is 0. The lowest BCUT2D eigenvalue weighted by Gasteiger charge is -2.06. The maximum Gasteiger partial charge on any atom is 0.363 e. The Labute approximate surface area is 110 Å². The summed E-state index contributed by atoms with van der Waals surface area (Å²) in [5, 5.41) is 18.6. The van der Waals surface area contributed by atoms with Gasteiger partial charge in [0, 0.05) is 15.7 Å². The van der Waals surface area contributed by atoms with Crippen LogP contribution in [-0.4, -0.2) is 20.9 Å². The number of aromatic hydroxyl groups is 2. The maximum atomic E-state index is 11.7. The second kappa shape index (κ2) is 4.66. The minimum atomic E-state index is -0.662. The molecule has 0 atom stereocenters. The number of carbonyl (C=O) groups excluding carboxylic acids is 1. The van der Waals surface area contributed by atoms with Crippen molar-refractivity contribution in [2.24, 2.45) is 0 Å². The van der Waals surface area contributed by atoms with E-state index in [1.165, 1.54) is 12.1 Å². The molecule has 17 heavy (non-hydrogen) atoms. The third kappa shape index (κ3) is 2.52. The number of nitrogens with zero attached hydrogens (tertiary/aromatic N) is 1. The van der Waals surface area contributed by atoms with Crippen LogP contribution in [0.5, 0.6) is 11.8 Å². The molecule has 2 rings (SSSR count). The molecule has 0 unspecified atom stereocenters. The first-order chi connectivity index (χ1) is 8.08. The van der Waals surface area contributed by atoms with Gasteiger partial charge in [-0.05, 0) is 40.8 Å². The Balaban J connectivity index is 2.23. The van der Waals surface area contributed by atoms with Gasteiger partial charge in [-0.2, -0.15) is 0 Å². The van der Waals surface area contributed by atoms with Gasteiger partial charge in [-0.15, -0.1) is 4.73 Å². The van der Waals surface area contributed by atoms with E-state index in [1.54, 1.807) is 18.2 Å². The largest absolute Gasteiger partial charge is 0.492 e. The van der Waals surface area contributed by atoms with Gasteiger partial charge in [-0.1, -0.05) is 6.07 Å². The number of benzene rings is 1. The van der Waals surface area contributed by atoms with Crippen molar-refractivity contribution >= 4 is 28.6 Å². The molecule has 2 aromatic rings. The molecule has 0 fully saturated rings. The fourth-order valence-corrected chi connectivity index (χ4v) is 1.79. The fourth-order valence-electron chi connectivity index (χ4n) is 1.25. The van der Waals surface area contributed by atoms with E-state index in [0.717, 1.165) is 3.57 Å². The highest BCUT2D eigenvalue weighted by atomic mass is 127. The Morgan fingerprint density at radius 2 is 1.82 bits per heavy atom. The van der Waals surface area contributed by atoms with E-state index in [-0.39, 0.29) is 11.8 Å². The van der Waals surface area contributed by atoms with Gasteiger partial charge in [0.25, 0.3) is 0 Å². The van der Waals surface area contributed by atoms with E-state index < -0.39 is 5.97 Å². The van der Waals surface area contributed by atoms with E-state index in [9.17, 15) is 15.0 Å². The monoisotopic (exact) mass is 345 g/mol. The first-order valence-corrected chi connectivity index (χ1v) is 5.74. The van der Waals surface area contributed by atoms with Gasteiger partial charge in [0.05, 0.1) is 5.56 Å². The predicted octanol–water partition coefficient (Wildman–Crippen LogP) is 1.77. The van der Waals surface area contributed by atoms with Crippen LogP contribution in [0.3, 0.4) is 0 Å². The maximum absolute atomic E-state index is 11.7. The summed E-state index contributed by atoms with van der Waals surface area (Å²) in [5.41, 5.74) is 0.337. The van der Waals surface area contributed by atoms with Gasteiger partial charge in [0.15, 0.2) is 0 Å². The molecule has 0 amide bonds. The van der Waals surface area contributed by atoms with Crippen LogP contribution < -0.4 is 4.84 Å². The molecule has 0 aliphatic rings. The summed E-state index contributed by atoms with van der Waals surface area (Å²) in [6.07, 6.45) is 0. The minimum absolute atomic E-state index is 0.337. The molecule has 0 radical (unpaired) electrons. The molecule has 5 nitrogen and oxygen atoms in total. The number of hydrogen-bond acceptors (Lipinski definition) is 4. The second-order valence-corrected chi connectivity index (χ2v) is 4.48. The summed E-state index contributed by atoms with van der Waals surface area (Å²) >= 11 is 2.07. The van der Waals surface area contributed by atoms with E-state index in [1.807, 2.05) is 6.07 Å². The summed E-state index contributed by atoms with van der Waals surface area (Å²) in [7, 11) is 0. The third-order valence-electron chi connectivity index (χ3n) is 2.03. The van der Waals surface area contributed by atoms with Gasteiger partial charge in [0.2, 0.25) is 11.8 Å². The molecule has 0 aliphatic heterocycles. The van der Waals surface area contributed by atoms with Crippen LogP contribution in [-0.2, 0) is 0 Å². The van der Waals surface area contributed by atoms with E-state index in [4.69, 9.17) is 4.84 Å². The van der Waals surface area contributed by atoms with Gasteiger partial charge < -0.3 is 15.1 Å². The van der Waals surface area contributed by atoms with E-state index >= 15 is 0 Å². The average Bonchev–Trinajstić information content (AvgIpc) is 2.61. The van der Waals surface area contributed by atoms with E-state index in [2.05, 4.69) is 22.6 Å². The van der Waals surface area contributed by atoms with Gasteiger partial charge in [-0.3, -0.25) is 0 Å². The molecule has 88 valence electrons.